The molecule has 0 aliphatic rings. The van der Waals surface area contributed by atoms with E-state index in [-0.39, 0.29) is 17.5 Å². The van der Waals surface area contributed by atoms with Crippen molar-refractivity contribution in [2.24, 2.45) is 0 Å². The number of esters is 1. The second kappa shape index (κ2) is 6.60. The van der Waals surface area contributed by atoms with Crippen LogP contribution in [0.15, 0.2) is 18.2 Å². The van der Waals surface area contributed by atoms with Crippen molar-refractivity contribution < 1.29 is 14.3 Å². The average Bonchev–Trinajstić information content (AvgIpc) is 2.45. The zero-order valence-electron chi connectivity index (χ0n) is 11.3. The maximum absolute atomic E-state index is 12.0. The number of hydrogen-bond acceptors (Lipinski definition) is 3. The van der Waals surface area contributed by atoms with Crippen molar-refractivity contribution in [3.8, 4) is 12.3 Å². The quantitative estimate of drug-likeness (QED) is 0.664. The molecule has 100 valence electrons. The maximum atomic E-state index is 12.0. The highest BCUT2D eigenvalue weighted by atomic mass is 16.5. The van der Waals surface area contributed by atoms with Crippen LogP contribution in [0.2, 0.25) is 0 Å². The van der Waals surface area contributed by atoms with Gasteiger partial charge >= 0.3 is 5.97 Å². The number of terminal acetylenes is 1. The van der Waals surface area contributed by atoms with Gasteiger partial charge in [-0.15, -0.1) is 6.42 Å². The Morgan fingerprint density at radius 3 is 2.53 bits per heavy atom. The van der Waals surface area contributed by atoms with Crippen LogP contribution < -0.4 is 5.32 Å². The summed E-state index contributed by atoms with van der Waals surface area (Å²) < 4.78 is 4.63. The summed E-state index contributed by atoms with van der Waals surface area (Å²) in [5.41, 5.74) is 1.10. The number of carbonyl (C=O) groups is 2. The molecule has 0 aliphatic heterocycles. The van der Waals surface area contributed by atoms with E-state index in [2.05, 4.69) is 16.0 Å². The molecule has 4 nitrogen and oxygen atoms in total. The summed E-state index contributed by atoms with van der Waals surface area (Å²) in [4.78, 5) is 23.5. The Kier molecular flexibility index (Phi) is 5.13. The Morgan fingerprint density at radius 1 is 1.37 bits per heavy atom. The number of hydrogen-bond donors (Lipinski definition) is 1. The van der Waals surface area contributed by atoms with Gasteiger partial charge in [-0.2, -0.15) is 0 Å². The Bertz CT molecular complexity index is 529. The van der Waals surface area contributed by atoms with Crippen LogP contribution in [-0.4, -0.2) is 25.0 Å². The fraction of sp³-hybridized carbons (Fsp3) is 0.333. The number of carbonyl (C=O) groups excluding carboxylic acids is 2. The summed E-state index contributed by atoms with van der Waals surface area (Å²) in [7, 11) is 1.28. The summed E-state index contributed by atoms with van der Waals surface area (Å²) in [6.07, 6.45) is 6.15. The van der Waals surface area contributed by atoms with E-state index in [0.717, 1.165) is 6.42 Å². The molecule has 0 saturated carbocycles. The van der Waals surface area contributed by atoms with E-state index in [1.165, 1.54) is 19.2 Å². The lowest BCUT2D eigenvalue weighted by molar-refractivity contribution is 0.0600. The number of nitrogens with one attached hydrogen (secondary N) is 1. The molecule has 0 radical (unpaired) electrons. The number of ether oxygens (including phenoxy) is 1. The second-order valence-electron chi connectivity index (χ2n) is 4.22. The highest BCUT2D eigenvalue weighted by molar-refractivity contribution is 5.98. The maximum Gasteiger partial charge on any atom is 0.337 e. The van der Waals surface area contributed by atoms with Gasteiger partial charge in [0.15, 0.2) is 0 Å². The van der Waals surface area contributed by atoms with E-state index in [1.807, 2.05) is 13.8 Å². The minimum absolute atomic E-state index is 0.0589. The molecule has 0 fully saturated rings. The fourth-order valence-electron chi connectivity index (χ4n) is 1.49. The van der Waals surface area contributed by atoms with Crippen LogP contribution in [0.1, 0.15) is 46.5 Å². The van der Waals surface area contributed by atoms with Gasteiger partial charge in [0.25, 0.3) is 5.91 Å². The molecule has 1 aromatic carbocycles. The van der Waals surface area contributed by atoms with Gasteiger partial charge in [-0.1, -0.05) is 12.8 Å². The molecule has 1 rings (SSSR count). The molecule has 1 N–H and O–H groups in total. The predicted octanol–water partition coefficient (Wildman–Crippen LogP) is 1.98. The topological polar surface area (TPSA) is 55.4 Å². The third kappa shape index (κ3) is 3.85. The van der Waals surface area contributed by atoms with Crippen LogP contribution in [0, 0.1) is 12.3 Å². The van der Waals surface area contributed by atoms with Crippen LogP contribution in [-0.2, 0) is 4.74 Å². The van der Waals surface area contributed by atoms with Crippen LogP contribution in [0.4, 0.5) is 0 Å². The molecule has 4 heteroatoms. The highest BCUT2D eigenvalue weighted by Crippen LogP contribution is 2.11. The Balaban J connectivity index is 3.10. The lowest BCUT2D eigenvalue weighted by Crippen LogP contribution is -2.32. The van der Waals surface area contributed by atoms with E-state index in [1.54, 1.807) is 6.07 Å². The fourth-order valence-corrected chi connectivity index (χ4v) is 1.49. The van der Waals surface area contributed by atoms with Gasteiger partial charge in [0.2, 0.25) is 0 Å². The van der Waals surface area contributed by atoms with E-state index in [4.69, 9.17) is 6.42 Å². The molecule has 0 unspecified atom stereocenters. The van der Waals surface area contributed by atoms with Crippen molar-refractivity contribution in [1.82, 2.24) is 5.32 Å². The molecule has 0 aliphatic carbocycles. The van der Waals surface area contributed by atoms with Crippen molar-refractivity contribution in [2.45, 2.75) is 26.3 Å². The molecule has 1 amide bonds. The monoisotopic (exact) mass is 259 g/mol. The Labute approximate surface area is 113 Å². The Morgan fingerprint density at radius 2 is 2.00 bits per heavy atom. The molecule has 1 atom stereocenters. The van der Waals surface area contributed by atoms with Crippen molar-refractivity contribution in [3.05, 3.63) is 34.9 Å². The van der Waals surface area contributed by atoms with Gasteiger partial charge in [0.1, 0.15) is 0 Å². The minimum atomic E-state index is -0.519. The van der Waals surface area contributed by atoms with Crippen molar-refractivity contribution in [1.29, 1.82) is 0 Å². The summed E-state index contributed by atoms with van der Waals surface area (Å²) in [6.45, 7) is 3.88. The summed E-state index contributed by atoms with van der Waals surface area (Å²) in [5.74, 6) is 1.65. The lowest BCUT2D eigenvalue weighted by atomic mass is 10.0. The highest BCUT2D eigenvalue weighted by Gasteiger charge is 2.14. The average molecular weight is 259 g/mol. The molecule has 1 aromatic rings. The molecular weight excluding hydrogens is 242 g/mol. The summed E-state index contributed by atoms with van der Waals surface area (Å²) in [6, 6.07) is 4.63. The van der Waals surface area contributed by atoms with E-state index in [9.17, 15) is 9.59 Å². The van der Waals surface area contributed by atoms with Gasteiger partial charge in [0.05, 0.1) is 12.7 Å². The largest absolute Gasteiger partial charge is 0.465 e. The number of methoxy groups -OCH3 is 1. The van der Waals surface area contributed by atoms with Crippen LogP contribution in [0.3, 0.4) is 0 Å². The summed E-state index contributed by atoms with van der Waals surface area (Å²) >= 11 is 0. The lowest BCUT2D eigenvalue weighted by Gasteiger charge is -2.12. The van der Waals surface area contributed by atoms with E-state index in [0.29, 0.717) is 11.1 Å². The first-order valence-electron chi connectivity index (χ1n) is 6.02. The predicted molar refractivity (Wildman–Crippen MR) is 72.9 cm³/mol. The molecule has 0 aromatic heterocycles. The summed E-state index contributed by atoms with van der Waals surface area (Å²) in [5, 5.41) is 2.82. The first-order chi connectivity index (χ1) is 9.01. The Hall–Kier alpha value is -2.28. The zero-order valence-corrected chi connectivity index (χ0v) is 11.3. The first kappa shape index (κ1) is 14.8. The number of rotatable bonds is 4. The van der Waals surface area contributed by atoms with Crippen LogP contribution in [0.25, 0.3) is 0 Å². The van der Waals surface area contributed by atoms with Gasteiger partial charge in [-0.05, 0) is 31.5 Å². The standard InChI is InChI=1S/C15H17NO3/c1-5-10(3)16-14(17)12-7-11(6-2)8-13(9-12)15(18)19-4/h2,7-10H,5H2,1,3-4H3,(H,16,17)/t10-/m0/s1. The van der Waals surface area contributed by atoms with Crippen LogP contribution in [0.5, 0.6) is 0 Å². The van der Waals surface area contributed by atoms with E-state index >= 15 is 0 Å². The molecule has 0 heterocycles. The first-order valence-corrected chi connectivity index (χ1v) is 6.02. The van der Waals surface area contributed by atoms with Gasteiger partial charge < -0.3 is 10.1 Å². The molecule has 0 bridgehead atoms. The third-order valence-corrected chi connectivity index (χ3v) is 2.77. The van der Waals surface area contributed by atoms with Gasteiger partial charge in [0, 0.05) is 17.2 Å². The molecule has 19 heavy (non-hydrogen) atoms. The van der Waals surface area contributed by atoms with Crippen LogP contribution >= 0.6 is 0 Å². The molecular formula is C15H17NO3. The molecule has 0 spiro atoms. The number of amides is 1. The minimum Gasteiger partial charge on any atom is -0.465 e. The normalized spacial score (nSPS) is 11.3. The number of benzene rings is 1. The van der Waals surface area contributed by atoms with Crippen molar-refractivity contribution in [3.63, 3.8) is 0 Å². The second-order valence-corrected chi connectivity index (χ2v) is 4.22. The van der Waals surface area contributed by atoms with Crippen molar-refractivity contribution >= 4 is 11.9 Å². The van der Waals surface area contributed by atoms with Gasteiger partial charge in [-0.25, -0.2) is 4.79 Å². The SMILES string of the molecule is C#Cc1cc(C(=O)N[C@@H](C)CC)cc(C(=O)OC)c1. The third-order valence-electron chi connectivity index (χ3n) is 2.77. The smallest absolute Gasteiger partial charge is 0.337 e. The van der Waals surface area contributed by atoms with Crippen molar-refractivity contribution in [2.75, 3.05) is 7.11 Å². The zero-order chi connectivity index (χ0) is 14.4. The van der Waals surface area contributed by atoms with E-state index < -0.39 is 5.97 Å². The molecule has 0 saturated heterocycles. The van der Waals surface area contributed by atoms with Gasteiger partial charge in [-0.3, -0.25) is 4.79 Å².